The molecule has 0 spiro atoms. The van der Waals surface area contributed by atoms with Crippen molar-refractivity contribution in [2.24, 2.45) is 0 Å². The minimum atomic E-state index is -4.71. The minimum Gasteiger partial charge on any atom is -0.465 e. The number of halogens is 4. The Hall–Kier alpha value is -2.52. The highest BCUT2D eigenvalue weighted by atomic mass is 19.4. The van der Waals surface area contributed by atoms with Crippen molar-refractivity contribution in [3.8, 4) is 0 Å². The molecule has 0 saturated carbocycles. The number of benzene rings is 1. The van der Waals surface area contributed by atoms with Gasteiger partial charge < -0.3 is 20.1 Å². The van der Waals surface area contributed by atoms with E-state index < -0.39 is 48.2 Å². The number of hydrogen-bond acceptors (Lipinski definition) is 4. The molecule has 2 rings (SSSR count). The van der Waals surface area contributed by atoms with Crippen LogP contribution in [0.1, 0.15) is 28.8 Å². The third-order valence-electron chi connectivity index (χ3n) is 4.14. The number of nitrogens with zero attached hydrogens (tertiary/aromatic N) is 1. The van der Waals surface area contributed by atoms with Crippen molar-refractivity contribution >= 4 is 17.7 Å². The number of piperidine rings is 1. The van der Waals surface area contributed by atoms with Crippen LogP contribution in [0.25, 0.3) is 0 Å². The fourth-order valence-electron chi connectivity index (χ4n) is 2.83. The van der Waals surface area contributed by atoms with Gasteiger partial charge in [-0.2, -0.15) is 13.2 Å². The third kappa shape index (κ3) is 4.55. The summed E-state index contributed by atoms with van der Waals surface area (Å²) in [6.07, 6.45) is -5.71. The Labute approximate surface area is 146 Å². The van der Waals surface area contributed by atoms with Crippen molar-refractivity contribution in [1.29, 1.82) is 0 Å². The SMILES string of the molecule is COC(=O)c1ccc(C(F)(F)F)c(NCC2(F)CCCN(C(=O)O)C2)c1. The van der Waals surface area contributed by atoms with Gasteiger partial charge in [-0.25, -0.2) is 14.0 Å². The summed E-state index contributed by atoms with van der Waals surface area (Å²) in [7, 11) is 1.09. The Morgan fingerprint density at radius 2 is 2.08 bits per heavy atom. The first-order chi connectivity index (χ1) is 12.1. The highest BCUT2D eigenvalue weighted by molar-refractivity contribution is 5.90. The van der Waals surface area contributed by atoms with Gasteiger partial charge in [0.15, 0.2) is 0 Å². The van der Waals surface area contributed by atoms with Crippen LogP contribution < -0.4 is 5.32 Å². The molecule has 26 heavy (non-hydrogen) atoms. The number of nitrogens with one attached hydrogen (secondary N) is 1. The zero-order valence-electron chi connectivity index (χ0n) is 13.9. The number of carbonyl (C=O) groups is 2. The zero-order chi connectivity index (χ0) is 19.5. The lowest BCUT2D eigenvalue weighted by Crippen LogP contribution is -2.50. The molecule has 144 valence electrons. The molecule has 10 heteroatoms. The summed E-state index contributed by atoms with van der Waals surface area (Å²) in [5.74, 6) is -0.827. The molecule has 1 unspecified atom stereocenters. The average Bonchev–Trinajstić information content (AvgIpc) is 2.58. The van der Waals surface area contributed by atoms with Gasteiger partial charge in [0.05, 0.1) is 31.3 Å². The molecular weight excluding hydrogens is 360 g/mol. The number of carbonyl (C=O) groups excluding carboxylic acids is 1. The summed E-state index contributed by atoms with van der Waals surface area (Å²) in [5, 5.41) is 11.4. The van der Waals surface area contributed by atoms with Crippen LogP contribution in [0.5, 0.6) is 0 Å². The van der Waals surface area contributed by atoms with Crippen LogP contribution in [0.2, 0.25) is 0 Å². The fraction of sp³-hybridized carbons (Fsp3) is 0.500. The molecule has 0 aliphatic carbocycles. The van der Waals surface area contributed by atoms with Crippen molar-refractivity contribution in [2.75, 3.05) is 32.1 Å². The van der Waals surface area contributed by atoms with E-state index in [1.807, 2.05) is 0 Å². The number of esters is 1. The molecule has 1 heterocycles. The van der Waals surface area contributed by atoms with Gasteiger partial charge in [0.1, 0.15) is 5.67 Å². The first-order valence-corrected chi connectivity index (χ1v) is 7.76. The number of amides is 1. The van der Waals surface area contributed by atoms with Gasteiger partial charge in [0.25, 0.3) is 0 Å². The van der Waals surface area contributed by atoms with Crippen molar-refractivity contribution < 1.29 is 37.0 Å². The van der Waals surface area contributed by atoms with Crippen LogP contribution in [-0.4, -0.2) is 54.5 Å². The molecule has 0 radical (unpaired) electrons. The van der Waals surface area contributed by atoms with Gasteiger partial charge in [-0.3, -0.25) is 0 Å². The summed E-state index contributed by atoms with van der Waals surface area (Å²) in [6.45, 7) is -0.787. The molecule has 2 N–H and O–H groups in total. The first kappa shape index (κ1) is 19.8. The van der Waals surface area contributed by atoms with Crippen LogP contribution in [0.15, 0.2) is 18.2 Å². The predicted octanol–water partition coefficient (Wildman–Crippen LogP) is 3.39. The largest absolute Gasteiger partial charge is 0.465 e. The van der Waals surface area contributed by atoms with E-state index in [-0.39, 0.29) is 24.9 Å². The summed E-state index contributed by atoms with van der Waals surface area (Å²) in [4.78, 5) is 23.4. The van der Waals surface area contributed by atoms with Crippen molar-refractivity contribution in [3.63, 3.8) is 0 Å². The Bertz CT molecular complexity index is 695. The number of methoxy groups -OCH3 is 1. The number of alkyl halides is 4. The van der Waals surface area contributed by atoms with Gasteiger partial charge in [-0.1, -0.05) is 0 Å². The highest BCUT2D eigenvalue weighted by Crippen LogP contribution is 2.36. The normalized spacial score (nSPS) is 20.6. The zero-order valence-corrected chi connectivity index (χ0v) is 13.9. The van der Waals surface area contributed by atoms with E-state index in [4.69, 9.17) is 5.11 Å². The van der Waals surface area contributed by atoms with E-state index in [1.165, 1.54) is 0 Å². The average molecular weight is 378 g/mol. The lowest BCUT2D eigenvalue weighted by molar-refractivity contribution is -0.137. The number of ether oxygens (including phenoxy) is 1. The van der Waals surface area contributed by atoms with E-state index in [0.29, 0.717) is 6.07 Å². The monoisotopic (exact) mass is 378 g/mol. The lowest BCUT2D eigenvalue weighted by atomic mass is 9.94. The van der Waals surface area contributed by atoms with Gasteiger partial charge in [0, 0.05) is 12.2 Å². The Morgan fingerprint density at radius 3 is 2.65 bits per heavy atom. The summed E-state index contributed by atoms with van der Waals surface area (Å²) in [5.41, 5.74) is -3.66. The van der Waals surface area contributed by atoms with E-state index in [9.17, 15) is 27.2 Å². The molecule has 1 aliphatic heterocycles. The quantitative estimate of drug-likeness (QED) is 0.620. The molecule has 0 aromatic heterocycles. The number of rotatable bonds is 4. The lowest BCUT2D eigenvalue weighted by Gasteiger charge is -2.36. The molecule has 1 saturated heterocycles. The molecule has 1 aromatic carbocycles. The number of hydrogen-bond donors (Lipinski definition) is 2. The Morgan fingerprint density at radius 1 is 1.38 bits per heavy atom. The van der Waals surface area contributed by atoms with Crippen molar-refractivity contribution in [2.45, 2.75) is 24.7 Å². The van der Waals surface area contributed by atoms with E-state index >= 15 is 0 Å². The van der Waals surface area contributed by atoms with Gasteiger partial charge in [-0.05, 0) is 31.0 Å². The molecule has 1 fully saturated rings. The molecule has 1 aliphatic rings. The standard InChI is InChI=1S/C16H18F4N2O4/c1-26-13(23)10-3-4-11(16(18,19)20)12(7-10)21-8-15(17)5-2-6-22(9-15)14(24)25/h3-4,7,21H,2,5-6,8-9H2,1H3,(H,24,25). The van der Waals surface area contributed by atoms with E-state index in [0.717, 1.165) is 24.1 Å². The summed E-state index contributed by atoms with van der Waals surface area (Å²) < 4.78 is 58.8. The molecule has 1 aromatic rings. The molecule has 0 bridgehead atoms. The number of anilines is 1. The van der Waals surface area contributed by atoms with Crippen LogP contribution in [0, 0.1) is 0 Å². The fourth-order valence-corrected chi connectivity index (χ4v) is 2.83. The molecular formula is C16H18F4N2O4. The Kier molecular flexibility index (Phi) is 5.62. The maximum Gasteiger partial charge on any atom is 0.418 e. The molecule has 1 atom stereocenters. The van der Waals surface area contributed by atoms with Crippen LogP contribution in [0.4, 0.5) is 28.0 Å². The van der Waals surface area contributed by atoms with Crippen molar-refractivity contribution in [1.82, 2.24) is 4.90 Å². The Balaban J connectivity index is 2.23. The van der Waals surface area contributed by atoms with Gasteiger partial charge >= 0.3 is 18.2 Å². The van der Waals surface area contributed by atoms with Gasteiger partial charge in [-0.15, -0.1) is 0 Å². The van der Waals surface area contributed by atoms with Crippen LogP contribution in [0.3, 0.4) is 0 Å². The second-order valence-electron chi connectivity index (χ2n) is 6.06. The second kappa shape index (κ2) is 7.38. The summed E-state index contributed by atoms with van der Waals surface area (Å²) in [6, 6.07) is 2.62. The number of likely N-dealkylation sites (tertiary alicyclic amines) is 1. The van der Waals surface area contributed by atoms with Gasteiger partial charge in [0.2, 0.25) is 0 Å². The summed E-state index contributed by atoms with van der Waals surface area (Å²) >= 11 is 0. The van der Waals surface area contributed by atoms with E-state index in [2.05, 4.69) is 10.1 Å². The van der Waals surface area contributed by atoms with Crippen LogP contribution >= 0.6 is 0 Å². The predicted molar refractivity (Wildman–Crippen MR) is 83.9 cm³/mol. The van der Waals surface area contributed by atoms with Crippen LogP contribution in [-0.2, 0) is 10.9 Å². The topological polar surface area (TPSA) is 78.9 Å². The van der Waals surface area contributed by atoms with Crippen molar-refractivity contribution in [3.05, 3.63) is 29.3 Å². The maximum absolute atomic E-state index is 14.9. The first-order valence-electron chi connectivity index (χ1n) is 7.76. The molecule has 6 nitrogen and oxygen atoms in total. The minimum absolute atomic E-state index is 0.0157. The number of carboxylic acid groups (broad SMARTS) is 1. The smallest absolute Gasteiger partial charge is 0.418 e. The highest BCUT2D eigenvalue weighted by Gasteiger charge is 2.39. The second-order valence-corrected chi connectivity index (χ2v) is 6.06. The molecule has 1 amide bonds. The van der Waals surface area contributed by atoms with E-state index in [1.54, 1.807) is 0 Å². The third-order valence-corrected chi connectivity index (χ3v) is 4.14. The maximum atomic E-state index is 14.9.